The number of nitriles is 1. The average molecular weight is 206 g/mol. The van der Waals surface area contributed by atoms with Gasteiger partial charge in [0.15, 0.2) is 0 Å². The maximum Gasteiger partial charge on any atom is 0.401 e. The number of nitrogens with zero attached hydrogens (tertiary/aromatic N) is 2. The largest absolute Gasteiger partial charge is 0.401 e. The van der Waals surface area contributed by atoms with Crippen molar-refractivity contribution in [3.05, 3.63) is 0 Å². The van der Waals surface area contributed by atoms with Crippen LogP contribution >= 0.6 is 0 Å². The summed E-state index contributed by atoms with van der Waals surface area (Å²) in [6.45, 7) is -0.921. The molecule has 2 unspecified atom stereocenters. The van der Waals surface area contributed by atoms with Crippen molar-refractivity contribution in [1.29, 1.82) is 5.26 Å². The maximum absolute atomic E-state index is 12.1. The van der Waals surface area contributed by atoms with E-state index in [2.05, 4.69) is 6.07 Å². The molecule has 0 aromatic carbocycles. The Morgan fingerprint density at radius 1 is 1.43 bits per heavy atom. The fourth-order valence-electron chi connectivity index (χ4n) is 2.02. The molecule has 0 spiro atoms. The average Bonchev–Trinajstić information content (AvgIpc) is 2.47. The van der Waals surface area contributed by atoms with Crippen molar-refractivity contribution in [3.8, 4) is 6.07 Å². The third-order valence-electron chi connectivity index (χ3n) is 2.64. The summed E-state index contributed by atoms with van der Waals surface area (Å²) in [5.41, 5.74) is 0. The number of alkyl halides is 3. The molecular formula is C9H13F3N2. The fourth-order valence-corrected chi connectivity index (χ4v) is 2.02. The maximum atomic E-state index is 12.1. The molecule has 0 aliphatic heterocycles. The first kappa shape index (κ1) is 11.3. The van der Waals surface area contributed by atoms with Crippen LogP contribution < -0.4 is 0 Å². The predicted molar refractivity (Wildman–Crippen MR) is 45.4 cm³/mol. The molecule has 5 heteroatoms. The van der Waals surface area contributed by atoms with E-state index in [1.807, 2.05) is 0 Å². The minimum Gasteiger partial charge on any atom is -0.294 e. The van der Waals surface area contributed by atoms with E-state index in [0.717, 1.165) is 12.8 Å². The first-order chi connectivity index (χ1) is 6.44. The standard InChI is InChI=1S/C9H13F3N2/c1-14(6-9(10,11)12)8-4-2-3-7(8)5-13/h7-8H,2-4,6H2,1H3. The highest BCUT2D eigenvalue weighted by Crippen LogP contribution is 2.30. The van der Waals surface area contributed by atoms with Gasteiger partial charge in [-0.3, -0.25) is 4.90 Å². The summed E-state index contributed by atoms with van der Waals surface area (Å²) in [6.07, 6.45) is -1.89. The van der Waals surface area contributed by atoms with Gasteiger partial charge in [0.2, 0.25) is 0 Å². The molecule has 0 N–H and O–H groups in total. The molecule has 0 aromatic heterocycles. The molecule has 14 heavy (non-hydrogen) atoms. The summed E-state index contributed by atoms with van der Waals surface area (Å²) in [4.78, 5) is 1.25. The quantitative estimate of drug-likeness (QED) is 0.692. The Kier molecular flexibility index (Phi) is 3.38. The van der Waals surface area contributed by atoms with Crippen molar-refractivity contribution < 1.29 is 13.2 Å². The Morgan fingerprint density at radius 3 is 2.57 bits per heavy atom. The molecule has 0 amide bonds. The van der Waals surface area contributed by atoms with Crippen LogP contribution in [0.1, 0.15) is 19.3 Å². The lowest BCUT2D eigenvalue weighted by Crippen LogP contribution is -2.40. The van der Waals surface area contributed by atoms with Crippen LogP contribution in [0.2, 0.25) is 0 Å². The summed E-state index contributed by atoms with van der Waals surface area (Å²) in [7, 11) is 1.44. The Hall–Kier alpha value is -0.760. The molecule has 1 aliphatic rings. The molecule has 0 saturated heterocycles. The van der Waals surface area contributed by atoms with Gasteiger partial charge >= 0.3 is 6.18 Å². The second-order valence-electron chi connectivity index (χ2n) is 3.76. The van der Waals surface area contributed by atoms with Gasteiger partial charge in [0.05, 0.1) is 18.5 Å². The second kappa shape index (κ2) is 4.18. The molecule has 0 heterocycles. The second-order valence-corrected chi connectivity index (χ2v) is 3.76. The molecule has 2 nitrogen and oxygen atoms in total. The summed E-state index contributed by atoms with van der Waals surface area (Å²) in [5.74, 6) is -0.234. The highest BCUT2D eigenvalue weighted by molar-refractivity contribution is 4.97. The zero-order valence-corrected chi connectivity index (χ0v) is 8.01. The van der Waals surface area contributed by atoms with Crippen LogP contribution in [0.15, 0.2) is 0 Å². The minimum absolute atomic E-state index is 0.221. The molecule has 1 aliphatic carbocycles. The molecule has 0 aromatic rings. The van der Waals surface area contributed by atoms with E-state index in [-0.39, 0.29) is 12.0 Å². The Bertz CT molecular complexity index is 231. The zero-order valence-electron chi connectivity index (χ0n) is 8.01. The van der Waals surface area contributed by atoms with Crippen molar-refractivity contribution in [2.24, 2.45) is 5.92 Å². The molecule has 0 bridgehead atoms. The van der Waals surface area contributed by atoms with Gasteiger partial charge < -0.3 is 0 Å². The smallest absolute Gasteiger partial charge is 0.294 e. The summed E-state index contributed by atoms with van der Waals surface area (Å²) in [6, 6.07) is 1.85. The minimum atomic E-state index is -4.17. The fraction of sp³-hybridized carbons (Fsp3) is 0.889. The SMILES string of the molecule is CN(CC(F)(F)F)C1CCCC1C#N. The number of hydrogen-bond acceptors (Lipinski definition) is 2. The van der Waals surface area contributed by atoms with Crippen LogP contribution in [0.5, 0.6) is 0 Å². The lowest BCUT2D eigenvalue weighted by Gasteiger charge is -2.27. The van der Waals surface area contributed by atoms with Crippen LogP contribution in [-0.2, 0) is 0 Å². The molecule has 0 radical (unpaired) electrons. The van der Waals surface area contributed by atoms with E-state index in [1.165, 1.54) is 11.9 Å². The van der Waals surface area contributed by atoms with Crippen LogP contribution in [0, 0.1) is 17.2 Å². The topological polar surface area (TPSA) is 27.0 Å². The third-order valence-corrected chi connectivity index (χ3v) is 2.64. The van der Waals surface area contributed by atoms with Crippen LogP contribution in [-0.4, -0.2) is 30.7 Å². The van der Waals surface area contributed by atoms with Gasteiger partial charge in [-0.15, -0.1) is 0 Å². The van der Waals surface area contributed by atoms with Crippen molar-refractivity contribution in [1.82, 2.24) is 4.90 Å². The van der Waals surface area contributed by atoms with Gasteiger partial charge in [-0.1, -0.05) is 6.42 Å². The molecule has 80 valence electrons. The van der Waals surface area contributed by atoms with E-state index in [0.29, 0.717) is 6.42 Å². The van der Waals surface area contributed by atoms with E-state index in [4.69, 9.17) is 5.26 Å². The van der Waals surface area contributed by atoms with E-state index in [9.17, 15) is 13.2 Å². The Morgan fingerprint density at radius 2 is 2.07 bits per heavy atom. The number of hydrogen-bond donors (Lipinski definition) is 0. The first-order valence-electron chi connectivity index (χ1n) is 4.60. The Balaban J connectivity index is 2.52. The van der Waals surface area contributed by atoms with Gasteiger partial charge in [0, 0.05) is 6.04 Å². The van der Waals surface area contributed by atoms with Crippen LogP contribution in [0.4, 0.5) is 13.2 Å². The van der Waals surface area contributed by atoms with Gasteiger partial charge in [-0.05, 0) is 19.9 Å². The lowest BCUT2D eigenvalue weighted by molar-refractivity contribution is -0.148. The molecule has 1 rings (SSSR count). The Labute approximate surface area is 81.3 Å². The van der Waals surface area contributed by atoms with Crippen LogP contribution in [0.3, 0.4) is 0 Å². The first-order valence-corrected chi connectivity index (χ1v) is 4.60. The van der Waals surface area contributed by atoms with E-state index < -0.39 is 12.7 Å². The monoisotopic (exact) mass is 206 g/mol. The summed E-state index contributed by atoms with van der Waals surface area (Å²) in [5, 5.41) is 8.73. The lowest BCUT2D eigenvalue weighted by atomic mass is 10.0. The van der Waals surface area contributed by atoms with Crippen molar-refractivity contribution in [3.63, 3.8) is 0 Å². The van der Waals surface area contributed by atoms with Crippen molar-refractivity contribution in [2.45, 2.75) is 31.5 Å². The third kappa shape index (κ3) is 2.88. The predicted octanol–water partition coefficient (Wildman–Crippen LogP) is 2.17. The highest BCUT2D eigenvalue weighted by atomic mass is 19.4. The van der Waals surface area contributed by atoms with Crippen LogP contribution in [0.25, 0.3) is 0 Å². The number of rotatable bonds is 2. The molecular weight excluding hydrogens is 193 g/mol. The number of halogens is 3. The molecule has 1 fully saturated rings. The van der Waals surface area contributed by atoms with Gasteiger partial charge in [0.1, 0.15) is 0 Å². The van der Waals surface area contributed by atoms with Crippen molar-refractivity contribution >= 4 is 0 Å². The normalized spacial score (nSPS) is 28.0. The van der Waals surface area contributed by atoms with Gasteiger partial charge in [-0.2, -0.15) is 18.4 Å². The van der Waals surface area contributed by atoms with Gasteiger partial charge in [0.25, 0.3) is 0 Å². The molecule has 1 saturated carbocycles. The van der Waals surface area contributed by atoms with Gasteiger partial charge in [-0.25, -0.2) is 0 Å². The molecule has 2 atom stereocenters. The zero-order chi connectivity index (χ0) is 10.8. The van der Waals surface area contributed by atoms with E-state index >= 15 is 0 Å². The van der Waals surface area contributed by atoms with E-state index in [1.54, 1.807) is 0 Å². The summed E-state index contributed by atoms with van der Waals surface area (Å²) < 4.78 is 36.2. The summed E-state index contributed by atoms with van der Waals surface area (Å²) >= 11 is 0. The highest BCUT2D eigenvalue weighted by Gasteiger charge is 2.36. The van der Waals surface area contributed by atoms with Crippen molar-refractivity contribution in [2.75, 3.05) is 13.6 Å².